The quantitative estimate of drug-likeness (QED) is 0.562. The van der Waals surface area contributed by atoms with Crippen molar-refractivity contribution in [2.24, 2.45) is 0 Å². The summed E-state index contributed by atoms with van der Waals surface area (Å²) in [6.07, 6.45) is 5.13. The van der Waals surface area contributed by atoms with Gasteiger partial charge in [0.1, 0.15) is 0 Å². The molecule has 4 nitrogen and oxygen atoms in total. The summed E-state index contributed by atoms with van der Waals surface area (Å²) < 4.78 is 5.10. The molecule has 1 aromatic rings. The van der Waals surface area contributed by atoms with Gasteiger partial charge in [-0.25, -0.2) is 4.79 Å². The van der Waals surface area contributed by atoms with E-state index < -0.39 is 0 Å². The molecule has 16 heavy (non-hydrogen) atoms. The molecular formula is C12H18N2O2. The monoisotopic (exact) mass is 222 g/mol. The van der Waals surface area contributed by atoms with Crippen LogP contribution in [0.5, 0.6) is 0 Å². The molecule has 0 unspecified atom stereocenters. The number of nitrogens with zero attached hydrogens (tertiary/aromatic N) is 1. The Morgan fingerprint density at radius 1 is 1.38 bits per heavy atom. The molecule has 0 amide bonds. The Labute approximate surface area is 96.0 Å². The van der Waals surface area contributed by atoms with Gasteiger partial charge in [0.2, 0.25) is 0 Å². The molecule has 1 N–H and O–H groups in total. The van der Waals surface area contributed by atoms with Crippen molar-refractivity contribution in [3.8, 4) is 0 Å². The first-order valence-corrected chi connectivity index (χ1v) is 5.62. The zero-order chi connectivity index (χ0) is 11.6. The third-order valence-corrected chi connectivity index (χ3v) is 2.07. The van der Waals surface area contributed by atoms with Crippen LogP contribution in [0, 0.1) is 0 Å². The van der Waals surface area contributed by atoms with Crippen molar-refractivity contribution in [1.82, 2.24) is 10.3 Å². The van der Waals surface area contributed by atoms with Crippen molar-refractivity contribution in [3.05, 3.63) is 30.1 Å². The topological polar surface area (TPSA) is 51.2 Å². The molecule has 1 heterocycles. The molecule has 0 radical (unpaired) electrons. The smallest absolute Gasteiger partial charge is 0.338 e. The minimum atomic E-state index is -0.280. The van der Waals surface area contributed by atoms with E-state index in [0.29, 0.717) is 12.2 Å². The van der Waals surface area contributed by atoms with Gasteiger partial charge in [0, 0.05) is 12.4 Å². The lowest BCUT2D eigenvalue weighted by molar-refractivity contribution is 0.0500. The molecule has 0 saturated heterocycles. The van der Waals surface area contributed by atoms with Crippen LogP contribution in [-0.4, -0.2) is 30.6 Å². The van der Waals surface area contributed by atoms with Crippen LogP contribution in [0.3, 0.4) is 0 Å². The van der Waals surface area contributed by atoms with Gasteiger partial charge in [0.15, 0.2) is 0 Å². The van der Waals surface area contributed by atoms with E-state index >= 15 is 0 Å². The van der Waals surface area contributed by atoms with Gasteiger partial charge in [-0.2, -0.15) is 0 Å². The van der Waals surface area contributed by atoms with E-state index in [1.54, 1.807) is 24.5 Å². The highest BCUT2D eigenvalue weighted by molar-refractivity contribution is 5.89. The fourth-order valence-corrected chi connectivity index (χ4v) is 1.24. The van der Waals surface area contributed by atoms with Gasteiger partial charge in [0.05, 0.1) is 12.2 Å². The summed E-state index contributed by atoms with van der Waals surface area (Å²) in [6, 6.07) is 3.30. The predicted molar refractivity (Wildman–Crippen MR) is 62.3 cm³/mol. The van der Waals surface area contributed by atoms with Crippen molar-refractivity contribution in [2.45, 2.75) is 19.8 Å². The highest BCUT2D eigenvalue weighted by Gasteiger charge is 2.04. The lowest BCUT2D eigenvalue weighted by atomic mass is 10.3. The second kappa shape index (κ2) is 7.82. The Hall–Kier alpha value is -1.42. The van der Waals surface area contributed by atoms with E-state index in [2.05, 4.69) is 17.2 Å². The van der Waals surface area contributed by atoms with Crippen LogP contribution in [0.1, 0.15) is 30.1 Å². The molecule has 0 aromatic carbocycles. The first kappa shape index (κ1) is 12.6. The zero-order valence-electron chi connectivity index (χ0n) is 9.61. The number of nitrogens with one attached hydrogen (secondary N) is 1. The van der Waals surface area contributed by atoms with Crippen LogP contribution in [0.15, 0.2) is 24.5 Å². The van der Waals surface area contributed by atoms with E-state index in [4.69, 9.17) is 4.74 Å². The molecule has 0 aliphatic heterocycles. The maximum atomic E-state index is 11.5. The lowest BCUT2D eigenvalue weighted by Gasteiger charge is -2.05. The molecule has 1 rings (SSSR count). The standard InChI is InChI=1S/C12H18N2O2/c1-2-6-13-7-3-10-16-12(15)11-4-8-14-9-5-11/h4-5,8-9,13H,2-3,6-7,10H2,1H3. The van der Waals surface area contributed by atoms with Crippen molar-refractivity contribution >= 4 is 5.97 Å². The second-order valence-electron chi connectivity index (χ2n) is 3.48. The van der Waals surface area contributed by atoms with Crippen LogP contribution in [0.2, 0.25) is 0 Å². The minimum absolute atomic E-state index is 0.280. The van der Waals surface area contributed by atoms with Gasteiger partial charge < -0.3 is 10.1 Å². The molecular weight excluding hydrogens is 204 g/mol. The van der Waals surface area contributed by atoms with Crippen molar-refractivity contribution < 1.29 is 9.53 Å². The zero-order valence-corrected chi connectivity index (χ0v) is 9.61. The Balaban J connectivity index is 2.12. The van der Waals surface area contributed by atoms with E-state index in [-0.39, 0.29) is 5.97 Å². The first-order valence-electron chi connectivity index (χ1n) is 5.62. The summed E-state index contributed by atoms with van der Waals surface area (Å²) in [7, 11) is 0. The van der Waals surface area contributed by atoms with Crippen LogP contribution in [-0.2, 0) is 4.74 Å². The van der Waals surface area contributed by atoms with Gasteiger partial charge in [-0.05, 0) is 38.1 Å². The van der Waals surface area contributed by atoms with E-state index in [9.17, 15) is 4.79 Å². The van der Waals surface area contributed by atoms with Crippen LogP contribution < -0.4 is 5.32 Å². The molecule has 0 aliphatic carbocycles. The third kappa shape index (κ3) is 4.89. The number of aromatic nitrogens is 1. The number of esters is 1. The Morgan fingerprint density at radius 3 is 2.81 bits per heavy atom. The summed E-state index contributed by atoms with van der Waals surface area (Å²) in [4.78, 5) is 15.3. The van der Waals surface area contributed by atoms with Gasteiger partial charge >= 0.3 is 5.97 Å². The molecule has 4 heteroatoms. The summed E-state index contributed by atoms with van der Waals surface area (Å²) in [6.45, 7) is 4.48. The van der Waals surface area contributed by atoms with E-state index in [1.165, 1.54) is 0 Å². The molecule has 0 fully saturated rings. The second-order valence-corrected chi connectivity index (χ2v) is 3.48. The Bertz CT molecular complexity index is 301. The van der Waals surface area contributed by atoms with Crippen LogP contribution in [0.25, 0.3) is 0 Å². The first-order chi connectivity index (χ1) is 7.84. The van der Waals surface area contributed by atoms with Gasteiger partial charge in [-0.1, -0.05) is 6.92 Å². The molecule has 0 atom stereocenters. The minimum Gasteiger partial charge on any atom is -0.462 e. The Morgan fingerprint density at radius 2 is 2.12 bits per heavy atom. The van der Waals surface area contributed by atoms with Crippen molar-refractivity contribution in [1.29, 1.82) is 0 Å². The largest absolute Gasteiger partial charge is 0.462 e. The average molecular weight is 222 g/mol. The molecule has 88 valence electrons. The number of carbonyl (C=O) groups excluding carboxylic acids is 1. The Kier molecular flexibility index (Phi) is 6.18. The number of hydrogen-bond donors (Lipinski definition) is 1. The average Bonchev–Trinajstić information content (AvgIpc) is 2.34. The SMILES string of the molecule is CCCNCCCOC(=O)c1ccncc1. The summed E-state index contributed by atoms with van der Waals surface area (Å²) in [5.74, 6) is -0.280. The molecule has 1 aromatic heterocycles. The molecule has 0 bridgehead atoms. The van der Waals surface area contributed by atoms with Crippen molar-refractivity contribution in [2.75, 3.05) is 19.7 Å². The highest BCUT2D eigenvalue weighted by atomic mass is 16.5. The number of ether oxygens (including phenoxy) is 1. The van der Waals surface area contributed by atoms with E-state index in [1.807, 2.05) is 0 Å². The summed E-state index contributed by atoms with van der Waals surface area (Å²) in [5.41, 5.74) is 0.552. The van der Waals surface area contributed by atoms with Crippen LogP contribution >= 0.6 is 0 Å². The highest BCUT2D eigenvalue weighted by Crippen LogP contribution is 1.99. The van der Waals surface area contributed by atoms with Crippen molar-refractivity contribution in [3.63, 3.8) is 0 Å². The molecule has 0 spiro atoms. The maximum absolute atomic E-state index is 11.5. The number of rotatable bonds is 7. The van der Waals surface area contributed by atoms with Gasteiger partial charge in [-0.15, -0.1) is 0 Å². The molecule has 0 aliphatic rings. The fourth-order valence-electron chi connectivity index (χ4n) is 1.24. The van der Waals surface area contributed by atoms with E-state index in [0.717, 1.165) is 25.9 Å². The normalized spacial score (nSPS) is 10.1. The van der Waals surface area contributed by atoms with Gasteiger partial charge in [-0.3, -0.25) is 4.98 Å². The predicted octanol–water partition coefficient (Wildman–Crippen LogP) is 1.63. The molecule has 0 saturated carbocycles. The lowest BCUT2D eigenvalue weighted by Crippen LogP contribution is -2.18. The number of pyridine rings is 1. The fraction of sp³-hybridized carbons (Fsp3) is 0.500. The van der Waals surface area contributed by atoms with Crippen LogP contribution in [0.4, 0.5) is 0 Å². The number of hydrogen-bond acceptors (Lipinski definition) is 4. The van der Waals surface area contributed by atoms with Gasteiger partial charge in [0.25, 0.3) is 0 Å². The maximum Gasteiger partial charge on any atom is 0.338 e. The summed E-state index contributed by atoms with van der Waals surface area (Å²) in [5, 5.41) is 3.25. The third-order valence-electron chi connectivity index (χ3n) is 2.07. The number of carbonyl (C=O) groups is 1. The summed E-state index contributed by atoms with van der Waals surface area (Å²) >= 11 is 0.